The van der Waals surface area contributed by atoms with Gasteiger partial charge in [-0.1, -0.05) is 30.0 Å². The van der Waals surface area contributed by atoms with Crippen LogP contribution in [0.2, 0.25) is 0 Å². The van der Waals surface area contributed by atoms with E-state index < -0.39 is 11.9 Å². The molecule has 6 N–H and O–H groups in total. The maximum Gasteiger partial charge on any atom is 0.344 e. The zero-order valence-corrected chi connectivity index (χ0v) is 17.5. The predicted octanol–water partition coefficient (Wildman–Crippen LogP) is 2.65. The van der Waals surface area contributed by atoms with E-state index in [-0.39, 0.29) is 40.2 Å². The fraction of sp³-hybridized carbons (Fsp3) is 0.150. The first-order valence-electron chi connectivity index (χ1n) is 9.31. The summed E-state index contributed by atoms with van der Waals surface area (Å²) in [5.74, 6) is -1.10. The third kappa shape index (κ3) is 3.59. The lowest BCUT2D eigenvalue weighted by Gasteiger charge is -2.15. The van der Waals surface area contributed by atoms with Crippen LogP contribution in [0, 0.1) is 5.41 Å². The molecule has 10 nitrogen and oxygen atoms in total. The molecule has 3 heterocycles. The number of nitrogens with zero attached hydrogens (tertiary/aromatic N) is 2. The van der Waals surface area contributed by atoms with Gasteiger partial charge >= 0.3 is 5.97 Å². The van der Waals surface area contributed by atoms with Crippen LogP contribution < -0.4 is 16.5 Å². The molecule has 4 aromatic rings. The number of thioether (sulfide) groups is 1. The van der Waals surface area contributed by atoms with Crippen molar-refractivity contribution in [3.8, 4) is 0 Å². The van der Waals surface area contributed by atoms with E-state index in [2.05, 4.69) is 25.3 Å². The van der Waals surface area contributed by atoms with Gasteiger partial charge in [-0.2, -0.15) is 0 Å². The number of amides is 1. The first-order chi connectivity index (χ1) is 14.9. The minimum Gasteiger partial charge on any atom is -0.462 e. The first kappa shape index (κ1) is 20.4. The van der Waals surface area contributed by atoms with Gasteiger partial charge in [0.1, 0.15) is 22.6 Å². The lowest BCUT2D eigenvalue weighted by molar-refractivity contribution is 0.0525. The molecule has 0 saturated heterocycles. The highest BCUT2D eigenvalue weighted by atomic mass is 32.2. The Bertz CT molecular complexity index is 1380. The SMILES string of the molecule is CCOC(=O)c1c(=N)nc2[nH]c(N)c(C(=O)Nc3ccccc3)c3[nH]c(SC)nc1c23. The van der Waals surface area contributed by atoms with E-state index in [1.165, 1.54) is 11.8 Å². The van der Waals surface area contributed by atoms with Crippen LogP contribution in [0.3, 0.4) is 0 Å². The van der Waals surface area contributed by atoms with Crippen molar-refractivity contribution in [2.24, 2.45) is 0 Å². The van der Waals surface area contributed by atoms with E-state index in [1.54, 1.807) is 37.4 Å². The Morgan fingerprint density at radius 2 is 1.94 bits per heavy atom. The second-order valence-corrected chi connectivity index (χ2v) is 7.28. The van der Waals surface area contributed by atoms with Gasteiger partial charge in [0.2, 0.25) is 0 Å². The van der Waals surface area contributed by atoms with E-state index >= 15 is 0 Å². The van der Waals surface area contributed by atoms with E-state index in [4.69, 9.17) is 15.9 Å². The molecule has 0 fully saturated rings. The van der Waals surface area contributed by atoms with Crippen LogP contribution in [0.5, 0.6) is 0 Å². The van der Waals surface area contributed by atoms with Crippen LogP contribution >= 0.6 is 11.8 Å². The number of hydrogen-bond acceptors (Lipinski definition) is 8. The summed E-state index contributed by atoms with van der Waals surface area (Å²) >= 11 is 1.29. The molecule has 4 rings (SSSR count). The number of aromatic amines is 2. The quantitative estimate of drug-likeness (QED) is 0.182. The van der Waals surface area contributed by atoms with Gasteiger partial charge in [-0.15, -0.1) is 0 Å². The molecule has 158 valence electrons. The fourth-order valence-electron chi connectivity index (χ4n) is 3.27. The maximum absolute atomic E-state index is 13.1. The molecule has 0 saturated carbocycles. The van der Waals surface area contributed by atoms with Gasteiger partial charge in [-0.05, 0) is 25.3 Å². The van der Waals surface area contributed by atoms with E-state index in [0.717, 1.165) is 0 Å². The molecule has 1 amide bonds. The number of pyridine rings is 2. The summed E-state index contributed by atoms with van der Waals surface area (Å²) in [6.07, 6.45) is 1.79. The Kier molecular flexibility index (Phi) is 5.34. The molecule has 1 aromatic carbocycles. The average Bonchev–Trinajstić information content (AvgIpc) is 2.73. The number of aromatic nitrogens is 4. The zero-order valence-electron chi connectivity index (χ0n) is 16.7. The number of hydrogen-bond donors (Lipinski definition) is 5. The Morgan fingerprint density at radius 1 is 1.19 bits per heavy atom. The van der Waals surface area contributed by atoms with Crippen LogP contribution in [0.15, 0.2) is 35.5 Å². The third-order valence-corrected chi connectivity index (χ3v) is 5.15. The number of carbonyl (C=O) groups excluding carboxylic acids is 2. The number of nitrogens with one attached hydrogen (secondary N) is 4. The summed E-state index contributed by atoms with van der Waals surface area (Å²) in [5, 5.41) is 11.9. The molecule has 0 aliphatic rings. The van der Waals surface area contributed by atoms with Crippen LogP contribution in [0.4, 0.5) is 11.5 Å². The summed E-state index contributed by atoms with van der Waals surface area (Å²) in [5.41, 5.74) is 7.34. The Labute approximate surface area is 180 Å². The third-order valence-electron chi connectivity index (χ3n) is 4.57. The molecule has 0 aliphatic heterocycles. The van der Waals surface area contributed by atoms with Crippen molar-refractivity contribution in [2.75, 3.05) is 23.9 Å². The standard InChI is InChI=1S/C20H19N7O3S/c1-3-30-19(29)12-14-10-13(24-20(25-14)31-2)11(15(21)26-17(10)27-16(12)22)18(28)23-9-7-5-4-6-8-9/h4-8H,3H2,1-2H3,(H,23,28)(H,24,25)(H4,21,22,26,27). The highest BCUT2D eigenvalue weighted by Gasteiger charge is 2.25. The number of para-hydroxylation sites is 1. The molecule has 0 unspecified atom stereocenters. The number of anilines is 2. The number of ether oxygens (including phenoxy) is 1. The highest BCUT2D eigenvalue weighted by molar-refractivity contribution is 7.98. The second kappa shape index (κ2) is 8.11. The molecule has 0 radical (unpaired) electrons. The minimum absolute atomic E-state index is 0.0625. The molecule has 0 aliphatic carbocycles. The monoisotopic (exact) mass is 437 g/mol. The molecule has 11 heteroatoms. The number of nitrogens with two attached hydrogens (primary N) is 1. The van der Waals surface area contributed by atoms with E-state index in [0.29, 0.717) is 21.7 Å². The number of H-pyrrole nitrogens is 2. The lowest BCUT2D eigenvalue weighted by atomic mass is 10.1. The second-order valence-electron chi connectivity index (χ2n) is 6.48. The molecule has 0 bridgehead atoms. The van der Waals surface area contributed by atoms with Crippen LogP contribution in [0.25, 0.3) is 22.1 Å². The van der Waals surface area contributed by atoms with Crippen molar-refractivity contribution in [1.29, 1.82) is 5.41 Å². The number of nitrogen functional groups attached to an aromatic ring is 1. The van der Waals surface area contributed by atoms with Crippen molar-refractivity contribution in [2.45, 2.75) is 12.1 Å². The smallest absolute Gasteiger partial charge is 0.344 e. The van der Waals surface area contributed by atoms with Gasteiger partial charge in [-0.3, -0.25) is 10.2 Å². The molecular weight excluding hydrogens is 418 g/mol. The maximum atomic E-state index is 13.1. The summed E-state index contributed by atoms with van der Waals surface area (Å²) in [6, 6.07) is 8.95. The number of esters is 1. The first-order valence-corrected chi connectivity index (χ1v) is 10.5. The topological polar surface area (TPSA) is 163 Å². The normalized spacial score (nSPS) is 11.0. The van der Waals surface area contributed by atoms with Gasteiger partial charge in [0.15, 0.2) is 10.6 Å². The summed E-state index contributed by atoms with van der Waals surface area (Å²) < 4.78 is 5.10. The van der Waals surface area contributed by atoms with E-state index in [1.807, 2.05) is 6.07 Å². The fourth-order valence-corrected chi connectivity index (χ4v) is 3.65. The molecule has 0 atom stereocenters. The molecule has 31 heavy (non-hydrogen) atoms. The van der Waals surface area contributed by atoms with Crippen molar-refractivity contribution in [1.82, 2.24) is 19.9 Å². The van der Waals surface area contributed by atoms with Crippen LogP contribution in [0.1, 0.15) is 27.6 Å². The van der Waals surface area contributed by atoms with Gasteiger partial charge < -0.3 is 25.8 Å². The number of rotatable bonds is 5. The number of carbonyl (C=O) groups is 2. The Balaban J connectivity index is 2.03. The van der Waals surface area contributed by atoms with Gasteiger partial charge in [0, 0.05) is 5.69 Å². The lowest BCUT2D eigenvalue weighted by Crippen LogP contribution is -2.23. The average molecular weight is 437 g/mol. The zero-order chi connectivity index (χ0) is 22.1. The van der Waals surface area contributed by atoms with Gasteiger partial charge in [-0.25, -0.2) is 14.8 Å². The molecule has 3 aromatic heterocycles. The number of benzene rings is 1. The van der Waals surface area contributed by atoms with Crippen molar-refractivity contribution < 1.29 is 14.3 Å². The molecule has 0 spiro atoms. The van der Waals surface area contributed by atoms with Crippen LogP contribution in [-0.4, -0.2) is 44.7 Å². The highest BCUT2D eigenvalue weighted by Crippen LogP contribution is 2.31. The molecular formula is C20H19N7O3S. The summed E-state index contributed by atoms with van der Waals surface area (Å²) in [7, 11) is 0. The Hall–Kier alpha value is -3.86. The minimum atomic E-state index is -0.707. The van der Waals surface area contributed by atoms with E-state index in [9.17, 15) is 9.59 Å². The van der Waals surface area contributed by atoms with Crippen molar-refractivity contribution in [3.63, 3.8) is 0 Å². The van der Waals surface area contributed by atoms with Crippen molar-refractivity contribution >= 4 is 57.2 Å². The Morgan fingerprint density at radius 3 is 2.61 bits per heavy atom. The van der Waals surface area contributed by atoms with Gasteiger partial charge in [0.05, 0.1) is 23.0 Å². The van der Waals surface area contributed by atoms with Gasteiger partial charge in [0.25, 0.3) is 5.91 Å². The summed E-state index contributed by atoms with van der Waals surface area (Å²) in [4.78, 5) is 40.3. The largest absolute Gasteiger partial charge is 0.462 e. The predicted molar refractivity (Wildman–Crippen MR) is 118 cm³/mol. The van der Waals surface area contributed by atoms with Crippen LogP contribution in [-0.2, 0) is 4.74 Å². The van der Waals surface area contributed by atoms with Crippen molar-refractivity contribution in [3.05, 3.63) is 46.9 Å². The summed E-state index contributed by atoms with van der Waals surface area (Å²) in [6.45, 7) is 1.81.